The molecule has 1 aliphatic rings. The molecule has 1 saturated heterocycles. The van der Waals surface area contributed by atoms with E-state index in [2.05, 4.69) is 4.72 Å². The molecule has 1 aromatic carbocycles. The summed E-state index contributed by atoms with van der Waals surface area (Å²) in [6.45, 7) is 4.90. The van der Waals surface area contributed by atoms with Gasteiger partial charge in [0.05, 0.1) is 6.42 Å². The standard InChI is InChI=1S/C17H26FN3O3S/c1-12(2)15-10-21(11-16(15)19-25(23,24)20(3)4)17(22)9-13-5-7-14(18)8-6-13/h5-8,12,15-16,19H,9-11H2,1-4H3. The number of likely N-dealkylation sites (tertiary alicyclic amines) is 1. The van der Waals surface area contributed by atoms with E-state index in [0.29, 0.717) is 13.1 Å². The molecule has 0 radical (unpaired) electrons. The van der Waals surface area contributed by atoms with Crippen LogP contribution in [0.3, 0.4) is 0 Å². The number of halogens is 1. The van der Waals surface area contributed by atoms with Crippen molar-refractivity contribution in [2.45, 2.75) is 26.3 Å². The summed E-state index contributed by atoms with van der Waals surface area (Å²) in [7, 11) is -0.614. The number of nitrogens with zero attached hydrogens (tertiary/aromatic N) is 2. The lowest BCUT2D eigenvalue weighted by Gasteiger charge is -2.24. The molecule has 2 rings (SSSR count). The number of hydrogen-bond donors (Lipinski definition) is 1. The van der Waals surface area contributed by atoms with Gasteiger partial charge >= 0.3 is 0 Å². The number of carbonyl (C=O) groups is 1. The quantitative estimate of drug-likeness (QED) is 0.818. The monoisotopic (exact) mass is 371 g/mol. The van der Waals surface area contributed by atoms with E-state index in [9.17, 15) is 17.6 Å². The molecule has 2 atom stereocenters. The van der Waals surface area contributed by atoms with Crippen LogP contribution in [0.4, 0.5) is 4.39 Å². The van der Waals surface area contributed by atoms with E-state index in [-0.39, 0.29) is 36.0 Å². The first-order chi connectivity index (χ1) is 11.6. The number of carbonyl (C=O) groups excluding carboxylic acids is 1. The third-order valence-corrected chi connectivity index (χ3v) is 6.19. The van der Waals surface area contributed by atoms with Crippen LogP contribution in [0.2, 0.25) is 0 Å². The van der Waals surface area contributed by atoms with Gasteiger partial charge in [0.15, 0.2) is 0 Å². The summed E-state index contributed by atoms with van der Waals surface area (Å²) in [5.74, 6) is -0.135. The average molecular weight is 371 g/mol. The van der Waals surface area contributed by atoms with Crippen LogP contribution in [-0.2, 0) is 21.4 Å². The van der Waals surface area contributed by atoms with Crippen LogP contribution in [0.1, 0.15) is 19.4 Å². The molecule has 140 valence electrons. The van der Waals surface area contributed by atoms with E-state index in [1.807, 2.05) is 13.8 Å². The minimum atomic E-state index is -3.56. The van der Waals surface area contributed by atoms with Crippen LogP contribution in [0.25, 0.3) is 0 Å². The Morgan fingerprint density at radius 2 is 1.88 bits per heavy atom. The highest BCUT2D eigenvalue weighted by atomic mass is 32.2. The van der Waals surface area contributed by atoms with E-state index < -0.39 is 10.2 Å². The highest BCUT2D eigenvalue weighted by Crippen LogP contribution is 2.26. The Hall–Kier alpha value is -1.51. The lowest BCUT2D eigenvalue weighted by atomic mass is 9.92. The highest BCUT2D eigenvalue weighted by molar-refractivity contribution is 7.87. The normalized spacial score (nSPS) is 21.3. The molecule has 1 aliphatic heterocycles. The van der Waals surface area contributed by atoms with Crippen LogP contribution >= 0.6 is 0 Å². The molecule has 1 N–H and O–H groups in total. The van der Waals surface area contributed by atoms with Crippen LogP contribution < -0.4 is 4.72 Å². The number of amides is 1. The van der Waals surface area contributed by atoms with Crippen molar-refractivity contribution in [3.63, 3.8) is 0 Å². The van der Waals surface area contributed by atoms with Gasteiger partial charge in [-0.25, -0.2) is 4.39 Å². The predicted octanol–water partition coefficient (Wildman–Crippen LogP) is 1.25. The van der Waals surface area contributed by atoms with Gasteiger partial charge in [-0.15, -0.1) is 0 Å². The Bertz CT molecular complexity index is 704. The second kappa shape index (κ2) is 7.80. The molecule has 6 nitrogen and oxygen atoms in total. The molecule has 0 bridgehead atoms. The summed E-state index contributed by atoms with van der Waals surface area (Å²) in [5, 5.41) is 0. The van der Waals surface area contributed by atoms with Gasteiger partial charge in [0.1, 0.15) is 5.82 Å². The van der Waals surface area contributed by atoms with E-state index in [1.54, 1.807) is 17.0 Å². The summed E-state index contributed by atoms with van der Waals surface area (Å²) in [6.07, 6.45) is 0.179. The largest absolute Gasteiger partial charge is 0.340 e. The molecule has 1 heterocycles. The first-order valence-electron chi connectivity index (χ1n) is 8.32. The van der Waals surface area contributed by atoms with Crippen LogP contribution in [-0.4, -0.2) is 56.8 Å². The maximum absolute atomic E-state index is 13.0. The number of nitrogens with one attached hydrogen (secondary N) is 1. The minimum absolute atomic E-state index is 0.0480. The fraction of sp³-hybridized carbons (Fsp3) is 0.588. The van der Waals surface area contributed by atoms with Crippen molar-refractivity contribution < 1.29 is 17.6 Å². The van der Waals surface area contributed by atoms with Crippen LogP contribution in [0.5, 0.6) is 0 Å². The second-order valence-corrected chi connectivity index (χ2v) is 8.94. The Kier molecular flexibility index (Phi) is 6.18. The van der Waals surface area contributed by atoms with Gasteiger partial charge in [-0.2, -0.15) is 17.4 Å². The fourth-order valence-electron chi connectivity index (χ4n) is 3.02. The molecule has 1 aromatic rings. The molecule has 2 unspecified atom stereocenters. The first-order valence-corrected chi connectivity index (χ1v) is 9.76. The summed E-state index contributed by atoms with van der Waals surface area (Å²) >= 11 is 0. The fourth-order valence-corrected chi connectivity index (χ4v) is 3.86. The van der Waals surface area contributed by atoms with Gasteiger partial charge in [-0.1, -0.05) is 26.0 Å². The van der Waals surface area contributed by atoms with E-state index in [1.165, 1.54) is 26.2 Å². The zero-order valence-electron chi connectivity index (χ0n) is 15.1. The molecular formula is C17H26FN3O3S. The van der Waals surface area contributed by atoms with Gasteiger partial charge in [0.25, 0.3) is 10.2 Å². The molecule has 0 spiro atoms. The van der Waals surface area contributed by atoms with E-state index >= 15 is 0 Å². The summed E-state index contributed by atoms with van der Waals surface area (Å²) in [6, 6.07) is 5.53. The Morgan fingerprint density at radius 3 is 2.40 bits per heavy atom. The van der Waals surface area contributed by atoms with Gasteiger partial charge < -0.3 is 4.90 Å². The molecular weight excluding hydrogens is 345 g/mol. The molecule has 25 heavy (non-hydrogen) atoms. The highest BCUT2D eigenvalue weighted by Gasteiger charge is 2.39. The molecule has 0 saturated carbocycles. The third kappa shape index (κ3) is 4.99. The summed E-state index contributed by atoms with van der Waals surface area (Å²) in [4.78, 5) is 14.2. The van der Waals surface area contributed by atoms with E-state index in [4.69, 9.17) is 0 Å². The van der Waals surface area contributed by atoms with E-state index in [0.717, 1.165) is 9.87 Å². The maximum Gasteiger partial charge on any atom is 0.279 e. The molecule has 1 fully saturated rings. The first kappa shape index (κ1) is 19.8. The Labute approximate surface area is 149 Å². The third-order valence-electron chi connectivity index (χ3n) is 4.62. The topological polar surface area (TPSA) is 69.7 Å². The lowest BCUT2D eigenvalue weighted by molar-refractivity contribution is -0.129. The Balaban J connectivity index is 2.07. The van der Waals surface area contributed by atoms with Gasteiger partial charge in [0, 0.05) is 33.2 Å². The zero-order valence-corrected chi connectivity index (χ0v) is 15.9. The maximum atomic E-state index is 13.0. The lowest BCUT2D eigenvalue weighted by Crippen LogP contribution is -2.46. The van der Waals surface area contributed by atoms with Crippen molar-refractivity contribution in [2.75, 3.05) is 27.2 Å². The number of hydrogen-bond acceptors (Lipinski definition) is 3. The number of rotatable bonds is 6. The molecule has 0 aliphatic carbocycles. The minimum Gasteiger partial charge on any atom is -0.340 e. The van der Waals surface area contributed by atoms with Crippen molar-refractivity contribution >= 4 is 16.1 Å². The second-order valence-electron chi connectivity index (χ2n) is 7.02. The van der Waals surface area contributed by atoms with Crippen molar-refractivity contribution in [1.82, 2.24) is 13.9 Å². The van der Waals surface area contributed by atoms with Crippen molar-refractivity contribution in [3.8, 4) is 0 Å². The average Bonchev–Trinajstić information content (AvgIpc) is 2.93. The van der Waals surface area contributed by atoms with Crippen LogP contribution in [0, 0.1) is 17.7 Å². The summed E-state index contributed by atoms with van der Waals surface area (Å²) in [5.41, 5.74) is 0.741. The van der Waals surface area contributed by atoms with Gasteiger partial charge in [-0.3, -0.25) is 4.79 Å². The van der Waals surface area contributed by atoms with Crippen LogP contribution in [0.15, 0.2) is 24.3 Å². The Morgan fingerprint density at radius 1 is 1.28 bits per heavy atom. The van der Waals surface area contributed by atoms with Gasteiger partial charge in [-0.05, 0) is 29.5 Å². The summed E-state index contributed by atoms with van der Waals surface area (Å²) < 4.78 is 41.1. The SMILES string of the molecule is CC(C)C1CN(C(=O)Cc2ccc(F)cc2)CC1NS(=O)(=O)N(C)C. The molecule has 0 aromatic heterocycles. The zero-order chi connectivity index (χ0) is 18.8. The van der Waals surface area contributed by atoms with Crippen molar-refractivity contribution in [2.24, 2.45) is 11.8 Å². The van der Waals surface area contributed by atoms with Gasteiger partial charge in [0.2, 0.25) is 5.91 Å². The predicted molar refractivity (Wildman–Crippen MR) is 94.5 cm³/mol. The molecule has 1 amide bonds. The smallest absolute Gasteiger partial charge is 0.279 e. The molecule has 8 heteroatoms. The number of benzene rings is 1. The van der Waals surface area contributed by atoms with Crippen molar-refractivity contribution in [1.29, 1.82) is 0 Å². The van der Waals surface area contributed by atoms with Crippen molar-refractivity contribution in [3.05, 3.63) is 35.6 Å².